The van der Waals surface area contributed by atoms with E-state index in [0.29, 0.717) is 19.6 Å². The van der Waals surface area contributed by atoms with Crippen molar-refractivity contribution >= 4 is 103 Å². The van der Waals surface area contributed by atoms with E-state index in [9.17, 15) is 95.7 Å². The molecule has 0 aromatic heterocycles. The number of methoxy groups -OCH3 is 1. The van der Waals surface area contributed by atoms with Crippen molar-refractivity contribution < 1.29 is 157 Å². The van der Waals surface area contributed by atoms with Crippen LogP contribution in [0, 0.1) is 11.8 Å². The molecule has 2 aromatic carbocycles. The molecule has 12 unspecified atom stereocenters. The molecule has 5 aliphatic rings. The SMILES string of the molecule is CO[C@@H]1OC(COS(=O)(=O)O)[C@@H](O[C@@H]2OC(C)[C@@H](O[C@@H]3OC(COS(=O)(=O)O)[C@@H](O[C@@H]4OC(C)[C@@H](O[C@@H]5OC(COS(=O)(=O)O)[C@@H](C)[C@H](PBB=O)C5N=[N+]=[N-])[C@H](C)C4OC(=O)c4ccccc4)[C@H](OS(=O)(=O)O)C3N=[N+]=[N-])[C@@H](OCc3ccccc3)C2OS(=O)(=O)O)[C@H](PBB=O)C1N=[N+]=[N-]. The summed E-state index contributed by atoms with van der Waals surface area (Å²) in [6.07, 6.45) is -35.3. The van der Waals surface area contributed by atoms with Crippen LogP contribution in [-0.4, -0.2) is 266 Å². The molecule has 0 bridgehead atoms. The molecule has 5 N–H and O–H groups in total. The van der Waals surface area contributed by atoms with E-state index in [1.54, 1.807) is 31.2 Å². The molecule has 55 heteroatoms. The van der Waals surface area contributed by atoms with Gasteiger partial charge in [0.2, 0.25) is 0 Å². The van der Waals surface area contributed by atoms with Crippen LogP contribution in [0.15, 0.2) is 76.0 Å². The molecule has 0 spiro atoms. The van der Waals surface area contributed by atoms with Crippen LogP contribution >= 0.6 is 16.9 Å². The van der Waals surface area contributed by atoms with E-state index in [-0.39, 0.29) is 27.8 Å². The summed E-state index contributed by atoms with van der Waals surface area (Å²) in [6.45, 7) is 1.02. The summed E-state index contributed by atoms with van der Waals surface area (Å²) in [5, 5.41) is 11.3. The summed E-state index contributed by atoms with van der Waals surface area (Å²) in [6, 6.07) is 9.57. The topological polar surface area (TPSA) is 626 Å². The van der Waals surface area contributed by atoms with Crippen molar-refractivity contribution in [3.63, 3.8) is 0 Å². The van der Waals surface area contributed by atoms with Crippen LogP contribution in [0.5, 0.6) is 0 Å². The van der Waals surface area contributed by atoms with Gasteiger partial charge in [-0.1, -0.05) is 41.5 Å². The molecule has 0 saturated carbocycles. The maximum absolute atomic E-state index is 14.2. The van der Waals surface area contributed by atoms with Crippen LogP contribution in [-0.2, 0) is 146 Å². The van der Waals surface area contributed by atoms with Gasteiger partial charge in [-0.05, 0) is 17.7 Å². The van der Waals surface area contributed by atoms with Gasteiger partial charge >= 0.3 is 474 Å². The van der Waals surface area contributed by atoms with Crippen LogP contribution in [0.25, 0.3) is 31.3 Å². The van der Waals surface area contributed by atoms with Crippen LogP contribution < -0.4 is 0 Å². The molecule has 0 aliphatic carbocycles. The average molecular weight is 1580 g/mol. The molecule has 7 rings (SSSR count). The summed E-state index contributed by atoms with van der Waals surface area (Å²) in [4.78, 5) is 22.8. The van der Waals surface area contributed by atoms with Crippen LogP contribution in [0.2, 0.25) is 0 Å². The number of hydrogen-bond donors (Lipinski definition) is 5. The first-order valence-electron chi connectivity index (χ1n) is 30.0. The van der Waals surface area contributed by atoms with Gasteiger partial charge in [-0.15, -0.1) is 0 Å². The standard InChI is InChI=1S/C47H67B4N9O35P2S5/c1-20-26(17-81-98(64,65)66)86-45(30(56-59-53)40(20)96-50-48-62)90-32-21(2)33(89-42(61)25-14-10-7-11-15-25)46(84-22(32)3)92-35-27(18-82-99(67,68)69)88-44(29(55-58-52)37(35)94-101(73,74)75)91-34-23(4)85-47(39(95-102(76,77)78)38(34)80-16-24-12-8-6-9-13-24)93-36-28(19-83-100(70,71)72)87-43(79-5)31(57-60-54)41(36)97-51-49-63/h6-15,20-23,26-41,43-47,50-51,96-97H,16-19H2,1-5H3,(H,64,65,66)(H,67,68,69)(H,70,71,72)(H,73,74,75)(H,76,77,78)/t20-,21+,22?,23?,26?,27?,28?,29?,30?,31?,32+,33?,34-,35-,36-,37-,38-,39?,40+,41-,43-,44+,45+,46+,47+/m1/s1. The van der Waals surface area contributed by atoms with Crippen molar-refractivity contribution in [2.75, 3.05) is 26.9 Å². The van der Waals surface area contributed by atoms with Crippen LogP contribution in [0.3, 0.4) is 0 Å². The number of benzene rings is 2. The third-order valence-electron chi connectivity index (χ3n) is 16.2. The minimum atomic E-state index is -5.93. The number of carbonyl (C=O) groups is 1. The van der Waals surface area contributed by atoms with Gasteiger partial charge in [0.25, 0.3) is 0 Å². The molecule has 5 saturated heterocycles. The van der Waals surface area contributed by atoms with Gasteiger partial charge in [0, 0.05) is 4.91 Å². The molecule has 562 valence electrons. The van der Waals surface area contributed by atoms with Gasteiger partial charge < -0.3 is 0 Å². The van der Waals surface area contributed by atoms with Gasteiger partial charge in [-0.3, -0.25) is 9.11 Å². The molecule has 5 fully saturated rings. The fourth-order valence-corrected chi connectivity index (χ4v) is 16.6. The number of ether oxygens (including phenoxy) is 12. The first-order valence-corrected chi connectivity index (χ1v) is 39.4. The molecule has 0 amide bonds. The number of azide groups is 3. The van der Waals surface area contributed by atoms with E-state index in [4.69, 9.17) is 69.4 Å². The van der Waals surface area contributed by atoms with Crippen molar-refractivity contribution in [3.05, 3.63) is 103 Å². The Balaban J connectivity index is 1.33. The van der Waals surface area contributed by atoms with Crippen molar-refractivity contribution in [1.29, 1.82) is 0 Å². The molecular weight excluding hydrogens is 1520 g/mol. The fourth-order valence-electron chi connectivity index (χ4n) is 11.9. The second kappa shape index (κ2) is 37.8. The normalized spacial score (nSPS) is 34.8. The van der Waals surface area contributed by atoms with Crippen molar-refractivity contribution in [2.24, 2.45) is 27.2 Å². The van der Waals surface area contributed by atoms with E-state index in [2.05, 4.69) is 38.4 Å². The number of esters is 1. The first-order chi connectivity index (χ1) is 48.0. The third-order valence-corrected chi connectivity index (χ3v) is 21.7. The summed E-state index contributed by atoms with van der Waals surface area (Å²) in [7, 11) is -26.6. The van der Waals surface area contributed by atoms with Gasteiger partial charge in [0.05, 0.1) is 6.61 Å². The second-order valence-corrected chi connectivity index (χ2v) is 31.1. The molecule has 102 heavy (non-hydrogen) atoms. The Morgan fingerprint density at radius 2 is 0.931 bits per heavy atom. The maximum atomic E-state index is 14.2. The third kappa shape index (κ3) is 24.2. The van der Waals surface area contributed by atoms with Gasteiger partial charge in [0.15, 0.2) is 0 Å². The van der Waals surface area contributed by atoms with Crippen molar-refractivity contribution in [1.82, 2.24) is 0 Å². The van der Waals surface area contributed by atoms with Gasteiger partial charge in [-0.25, -0.2) is 8.37 Å². The summed E-state index contributed by atoms with van der Waals surface area (Å²) in [5.74, 6) is -3.19. The molecule has 5 aliphatic heterocycles. The fraction of sp³-hybridized carbons (Fsp3) is 0.723. The summed E-state index contributed by atoms with van der Waals surface area (Å²) < 4.78 is 298. The zero-order chi connectivity index (χ0) is 75.1. The number of hydrogen-bond acceptors (Lipinski definition) is 33. The van der Waals surface area contributed by atoms with E-state index < -0.39 is 245 Å². The molecular formula is C47H67B4N9O35P2S5. The zero-order valence-electron chi connectivity index (χ0n) is 53.7. The van der Waals surface area contributed by atoms with E-state index in [0.717, 1.165) is 7.11 Å². The number of nitrogens with zero attached hydrogens (tertiary/aromatic N) is 9. The van der Waals surface area contributed by atoms with Crippen molar-refractivity contribution in [2.45, 2.75) is 175 Å². The van der Waals surface area contributed by atoms with Crippen LogP contribution in [0.4, 0.5) is 0 Å². The average Bonchev–Trinajstić information content (AvgIpc) is 0.424. The van der Waals surface area contributed by atoms with E-state index in [1.165, 1.54) is 57.2 Å². The summed E-state index contributed by atoms with van der Waals surface area (Å²) >= 11 is 0. The summed E-state index contributed by atoms with van der Waals surface area (Å²) in [5.41, 5.74) is 27.9. The minimum absolute atomic E-state index is 0.0918. The Morgan fingerprint density at radius 1 is 0.500 bits per heavy atom. The molecule has 0 radical (unpaired) electrons. The molecule has 5 heterocycles. The predicted octanol–water partition coefficient (Wildman–Crippen LogP) is 0.519. The monoisotopic (exact) mass is 1580 g/mol. The Hall–Kier alpha value is -4.53. The van der Waals surface area contributed by atoms with E-state index in [1.807, 2.05) is 0 Å². The quantitative estimate of drug-likeness (QED) is 0.0118. The Labute approximate surface area is 588 Å². The Kier molecular flexibility index (Phi) is 31.4. The Morgan fingerprint density at radius 3 is 1.46 bits per heavy atom. The Bertz CT molecular complexity index is 3920. The van der Waals surface area contributed by atoms with Gasteiger partial charge in [-0.2, -0.15) is 16.8 Å². The number of carbonyl (C=O) groups excluding carboxylic acids is 1. The predicted molar refractivity (Wildman–Crippen MR) is 346 cm³/mol. The number of rotatable bonds is 36. The first kappa shape index (κ1) is 84.7. The molecule has 2 aromatic rings. The second-order valence-electron chi connectivity index (χ2n) is 22.8. The van der Waals surface area contributed by atoms with Crippen molar-refractivity contribution in [3.8, 4) is 0 Å². The van der Waals surface area contributed by atoms with E-state index >= 15 is 0 Å². The van der Waals surface area contributed by atoms with Gasteiger partial charge in [0.1, 0.15) is 12.2 Å². The molecule has 27 atom stereocenters. The van der Waals surface area contributed by atoms with Crippen LogP contribution in [0.1, 0.15) is 43.6 Å². The molecule has 44 nitrogen and oxygen atoms in total. The zero-order valence-corrected chi connectivity index (χ0v) is 59.7.